The Morgan fingerprint density at radius 1 is 1.07 bits per heavy atom. The van der Waals surface area contributed by atoms with Crippen LogP contribution in [0.2, 0.25) is 0 Å². The van der Waals surface area contributed by atoms with Crippen LogP contribution in [0.4, 0.5) is 0 Å². The molecule has 14 heavy (non-hydrogen) atoms. The second kappa shape index (κ2) is 3.84. The highest BCUT2D eigenvalue weighted by Gasteiger charge is 2.35. The Morgan fingerprint density at radius 2 is 1.71 bits per heavy atom. The molecule has 1 aliphatic carbocycles. The molecular weight excluding hydrogens is 170 g/mol. The summed E-state index contributed by atoms with van der Waals surface area (Å²) in [6, 6.07) is 0.899. The van der Waals surface area contributed by atoms with Crippen molar-refractivity contribution >= 4 is 0 Å². The SMILES string of the molecule is CC1CC(N2CCCC2)CC(C)(C)C1. The van der Waals surface area contributed by atoms with Gasteiger partial charge in [0.1, 0.15) is 0 Å². The van der Waals surface area contributed by atoms with E-state index in [0.29, 0.717) is 5.41 Å². The van der Waals surface area contributed by atoms with Crippen molar-refractivity contribution in [1.82, 2.24) is 4.90 Å². The van der Waals surface area contributed by atoms with E-state index in [1.54, 1.807) is 0 Å². The van der Waals surface area contributed by atoms with E-state index in [1.807, 2.05) is 0 Å². The maximum absolute atomic E-state index is 2.75. The fraction of sp³-hybridized carbons (Fsp3) is 1.00. The highest BCUT2D eigenvalue weighted by molar-refractivity contribution is 4.89. The Labute approximate surface area is 88.9 Å². The molecule has 2 unspecified atom stereocenters. The zero-order valence-electron chi connectivity index (χ0n) is 10.1. The van der Waals surface area contributed by atoms with Gasteiger partial charge in [0.15, 0.2) is 0 Å². The molecule has 0 bridgehead atoms. The molecule has 1 nitrogen and oxygen atoms in total. The van der Waals surface area contributed by atoms with Crippen molar-refractivity contribution in [3.8, 4) is 0 Å². The Morgan fingerprint density at radius 3 is 2.29 bits per heavy atom. The van der Waals surface area contributed by atoms with Crippen LogP contribution < -0.4 is 0 Å². The lowest BCUT2D eigenvalue weighted by Crippen LogP contribution is -2.41. The number of rotatable bonds is 1. The molecule has 82 valence electrons. The van der Waals surface area contributed by atoms with E-state index in [1.165, 1.54) is 45.2 Å². The smallest absolute Gasteiger partial charge is 0.0103 e. The summed E-state index contributed by atoms with van der Waals surface area (Å²) in [7, 11) is 0. The highest BCUT2D eigenvalue weighted by atomic mass is 15.2. The first kappa shape index (κ1) is 10.5. The maximum Gasteiger partial charge on any atom is 0.0103 e. The summed E-state index contributed by atoms with van der Waals surface area (Å²) in [5.74, 6) is 0.935. The van der Waals surface area contributed by atoms with Crippen LogP contribution in [0, 0.1) is 11.3 Å². The minimum atomic E-state index is 0.588. The second-order valence-corrected chi connectivity index (χ2v) is 6.31. The van der Waals surface area contributed by atoms with Crippen LogP contribution in [0.5, 0.6) is 0 Å². The summed E-state index contributed by atoms with van der Waals surface area (Å²) >= 11 is 0. The van der Waals surface area contributed by atoms with Crippen LogP contribution in [-0.2, 0) is 0 Å². The van der Waals surface area contributed by atoms with E-state index in [2.05, 4.69) is 25.7 Å². The van der Waals surface area contributed by atoms with Crippen molar-refractivity contribution in [2.24, 2.45) is 11.3 Å². The quantitative estimate of drug-likeness (QED) is 0.620. The third kappa shape index (κ3) is 2.31. The van der Waals surface area contributed by atoms with E-state index < -0.39 is 0 Å². The van der Waals surface area contributed by atoms with Gasteiger partial charge in [0.2, 0.25) is 0 Å². The molecule has 0 amide bonds. The van der Waals surface area contributed by atoms with Gasteiger partial charge in [-0.25, -0.2) is 0 Å². The summed E-state index contributed by atoms with van der Waals surface area (Å²) in [6.07, 6.45) is 7.18. The lowest BCUT2D eigenvalue weighted by Gasteiger charge is -2.42. The van der Waals surface area contributed by atoms with Gasteiger partial charge in [0.25, 0.3) is 0 Å². The Hall–Kier alpha value is -0.0400. The molecule has 1 heteroatoms. The van der Waals surface area contributed by atoms with Crippen LogP contribution in [-0.4, -0.2) is 24.0 Å². The molecule has 0 N–H and O–H groups in total. The predicted molar refractivity (Wildman–Crippen MR) is 61.4 cm³/mol. The molecule has 0 spiro atoms. The predicted octanol–water partition coefficient (Wildman–Crippen LogP) is 3.30. The second-order valence-electron chi connectivity index (χ2n) is 6.31. The normalized spacial score (nSPS) is 38.8. The molecule has 1 aliphatic heterocycles. The van der Waals surface area contributed by atoms with Crippen LogP contribution in [0.1, 0.15) is 52.9 Å². The topological polar surface area (TPSA) is 3.24 Å². The van der Waals surface area contributed by atoms with Crippen LogP contribution >= 0.6 is 0 Å². The Bertz CT molecular complexity index is 191. The molecular formula is C13H25N. The average molecular weight is 195 g/mol. The van der Waals surface area contributed by atoms with Crippen molar-refractivity contribution < 1.29 is 0 Å². The molecule has 1 heterocycles. The van der Waals surface area contributed by atoms with Gasteiger partial charge in [0.05, 0.1) is 0 Å². The minimum Gasteiger partial charge on any atom is -0.300 e. The third-order valence-electron chi connectivity index (χ3n) is 4.02. The summed E-state index contributed by atoms with van der Waals surface area (Å²) in [5.41, 5.74) is 0.588. The van der Waals surface area contributed by atoms with Gasteiger partial charge >= 0.3 is 0 Å². The first-order valence-corrected chi connectivity index (χ1v) is 6.31. The van der Waals surface area contributed by atoms with Gasteiger partial charge in [-0.2, -0.15) is 0 Å². The molecule has 2 fully saturated rings. The summed E-state index contributed by atoms with van der Waals surface area (Å²) in [4.78, 5) is 2.75. The van der Waals surface area contributed by atoms with Crippen molar-refractivity contribution in [3.05, 3.63) is 0 Å². The van der Waals surface area contributed by atoms with Gasteiger partial charge < -0.3 is 4.90 Å². The number of hydrogen-bond donors (Lipinski definition) is 0. The van der Waals surface area contributed by atoms with Gasteiger partial charge in [-0.1, -0.05) is 20.8 Å². The first-order valence-electron chi connectivity index (χ1n) is 6.31. The van der Waals surface area contributed by atoms with E-state index >= 15 is 0 Å². The minimum absolute atomic E-state index is 0.588. The van der Waals surface area contributed by atoms with Crippen molar-refractivity contribution in [2.45, 2.75) is 58.9 Å². The van der Waals surface area contributed by atoms with Gasteiger partial charge in [-0.15, -0.1) is 0 Å². The van der Waals surface area contributed by atoms with E-state index in [0.717, 1.165) is 12.0 Å². The molecule has 2 atom stereocenters. The number of likely N-dealkylation sites (tertiary alicyclic amines) is 1. The third-order valence-corrected chi connectivity index (χ3v) is 4.02. The molecule has 2 aliphatic rings. The first-order chi connectivity index (χ1) is 6.57. The number of hydrogen-bond acceptors (Lipinski definition) is 1. The van der Waals surface area contributed by atoms with Gasteiger partial charge in [0, 0.05) is 6.04 Å². The Balaban J connectivity index is 1.97. The summed E-state index contributed by atoms with van der Waals surface area (Å²) in [5, 5.41) is 0. The van der Waals surface area contributed by atoms with Gasteiger partial charge in [-0.05, 0) is 56.5 Å². The van der Waals surface area contributed by atoms with Gasteiger partial charge in [-0.3, -0.25) is 0 Å². The molecule has 0 aromatic heterocycles. The lowest BCUT2D eigenvalue weighted by atomic mass is 9.70. The fourth-order valence-electron chi connectivity index (χ4n) is 3.68. The molecule has 1 saturated heterocycles. The molecule has 2 rings (SSSR count). The zero-order chi connectivity index (χ0) is 10.2. The largest absolute Gasteiger partial charge is 0.300 e. The molecule has 0 aromatic carbocycles. The lowest BCUT2D eigenvalue weighted by molar-refractivity contribution is 0.0819. The van der Waals surface area contributed by atoms with E-state index in [4.69, 9.17) is 0 Å². The Kier molecular flexibility index (Phi) is 2.88. The van der Waals surface area contributed by atoms with Crippen LogP contribution in [0.3, 0.4) is 0 Å². The average Bonchev–Trinajstić information content (AvgIpc) is 2.51. The molecule has 0 aromatic rings. The monoisotopic (exact) mass is 195 g/mol. The van der Waals surface area contributed by atoms with Crippen LogP contribution in [0.15, 0.2) is 0 Å². The summed E-state index contributed by atoms with van der Waals surface area (Å²) in [6.45, 7) is 10.1. The molecule has 0 radical (unpaired) electrons. The zero-order valence-corrected chi connectivity index (χ0v) is 10.1. The fourth-order valence-corrected chi connectivity index (χ4v) is 3.68. The van der Waals surface area contributed by atoms with Crippen molar-refractivity contribution in [2.75, 3.05) is 13.1 Å². The maximum atomic E-state index is 2.75. The highest BCUT2D eigenvalue weighted by Crippen LogP contribution is 2.40. The van der Waals surface area contributed by atoms with Crippen molar-refractivity contribution in [1.29, 1.82) is 0 Å². The molecule has 1 saturated carbocycles. The van der Waals surface area contributed by atoms with Crippen molar-refractivity contribution in [3.63, 3.8) is 0 Å². The number of nitrogens with zero attached hydrogens (tertiary/aromatic N) is 1. The van der Waals surface area contributed by atoms with E-state index in [9.17, 15) is 0 Å². The van der Waals surface area contributed by atoms with E-state index in [-0.39, 0.29) is 0 Å². The standard InChI is InChI=1S/C13H25N/c1-11-8-12(10-13(2,3)9-11)14-6-4-5-7-14/h11-12H,4-10H2,1-3H3. The summed E-state index contributed by atoms with van der Waals surface area (Å²) < 4.78 is 0. The van der Waals surface area contributed by atoms with Crippen LogP contribution in [0.25, 0.3) is 0 Å².